The molecule has 4 nitrogen and oxygen atoms in total. The van der Waals surface area contributed by atoms with Crippen molar-refractivity contribution < 1.29 is 14.3 Å². The molecule has 1 fully saturated rings. The molecule has 1 amide bonds. The number of fused-ring (bicyclic) bond motifs is 3. The Morgan fingerprint density at radius 3 is 2.88 bits per heavy atom. The summed E-state index contributed by atoms with van der Waals surface area (Å²) in [6.07, 6.45) is 3.35. The van der Waals surface area contributed by atoms with E-state index in [2.05, 4.69) is 16.8 Å². The highest BCUT2D eigenvalue weighted by molar-refractivity contribution is 5.66. The molecule has 0 spiro atoms. The molecule has 4 rings (SSSR count). The third-order valence-electron chi connectivity index (χ3n) is 5.03. The minimum atomic E-state index is -0.839. The maximum absolute atomic E-state index is 13.2. The Hall–Kier alpha value is -2.87. The number of aromatic nitrogens is 1. The molecular formula is C20H17FN2O2. The SMILES string of the molecule is O=C(O)N1CCC2c3ncc(C#Cc4cccc(F)c4)cc3CCC21. The van der Waals surface area contributed by atoms with Crippen LogP contribution in [0.1, 0.15) is 41.1 Å². The van der Waals surface area contributed by atoms with E-state index in [4.69, 9.17) is 0 Å². The maximum atomic E-state index is 13.2. The molecular weight excluding hydrogens is 319 g/mol. The van der Waals surface area contributed by atoms with Crippen LogP contribution in [-0.4, -0.2) is 33.7 Å². The van der Waals surface area contributed by atoms with Crippen molar-refractivity contribution >= 4 is 6.09 Å². The number of aryl methyl sites for hydroxylation is 1. The Labute approximate surface area is 145 Å². The van der Waals surface area contributed by atoms with E-state index in [-0.39, 0.29) is 17.8 Å². The Balaban J connectivity index is 1.59. The monoisotopic (exact) mass is 336 g/mol. The molecule has 2 heterocycles. The Morgan fingerprint density at radius 1 is 1.24 bits per heavy atom. The Morgan fingerprint density at radius 2 is 2.08 bits per heavy atom. The number of hydrogen-bond donors (Lipinski definition) is 1. The molecule has 2 aromatic rings. The Kier molecular flexibility index (Phi) is 3.89. The van der Waals surface area contributed by atoms with Crippen molar-refractivity contribution in [3.63, 3.8) is 0 Å². The van der Waals surface area contributed by atoms with E-state index in [9.17, 15) is 14.3 Å². The van der Waals surface area contributed by atoms with Gasteiger partial charge in [0.1, 0.15) is 5.82 Å². The lowest BCUT2D eigenvalue weighted by atomic mass is 9.82. The lowest BCUT2D eigenvalue weighted by Gasteiger charge is -2.31. The second-order valence-electron chi connectivity index (χ2n) is 6.51. The van der Waals surface area contributed by atoms with Crippen LogP contribution in [0.4, 0.5) is 9.18 Å². The molecule has 126 valence electrons. The van der Waals surface area contributed by atoms with E-state index < -0.39 is 6.09 Å². The van der Waals surface area contributed by atoms with Gasteiger partial charge in [0.2, 0.25) is 0 Å². The number of amides is 1. The molecule has 5 heteroatoms. The summed E-state index contributed by atoms with van der Waals surface area (Å²) in [6.45, 7) is 0.576. The molecule has 2 aliphatic rings. The molecule has 1 aromatic heterocycles. The lowest BCUT2D eigenvalue weighted by molar-refractivity contribution is 0.134. The molecule has 25 heavy (non-hydrogen) atoms. The largest absolute Gasteiger partial charge is 0.465 e. The van der Waals surface area contributed by atoms with Crippen molar-refractivity contribution in [3.8, 4) is 11.8 Å². The fourth-order valence-electron chi connectivity index (χ4n) is 3.90. The first-order valence-electron chi connectivity index (χ1n) is 8.38. The number of carboxylic acid groups (broad SMARTS) is 1. The highest BCUT2D eigenvalue weighted by Gasteiger charge is 2.41. The van der Waals surface area contributed by atoms with Crippen LogP contribution < -0.4 is 0 Å². The number of hydrogen-bond acceptors (Lipinski definition) is 2. The summed E-state index contributed by atoms with van der Waals surface area (Å²) in [5.74, 6) is 5.89. The quantitative estimate of drug-likeness (QED) is 0.750. The van der Waals surface area contributed by atoms with Gasteiger partial charge in [-0.3, -0.25) is 4.98 Å². The number of benzene rings is 1. The van der Waals surface area contributed by atoms with E-state index in [0.717, 1.165) is 36.1 Å². The van der Waals surface area contributed by atoms with Gasteiger partial charge in [-0.1, -0.05) is 17.9 Å². The predicted molar refractivity (Wildman–Crippen MR) is 90.8 cm³/mol. The summed E-state index contributed by atoms with van der Waals surface area (Å²) in [5.41, 5.74) is 3.59. The summed E-state index contributed by atoms with van der Waals surface area (Å²) < 4.78 is 13.2. The fourth-order valence-corrected chi connectivity index (χ4v) is 3.90. The van der Waals surface area contributed by atoms with Crippen molar-refractivity contribution in [1.82, 2.24) is 9.88 Å². The predicted octanol–water partition coefficient (Wildman–Crippen LogP) is 3.40. The first-order valence-corrected chi connectivity index (χ1v) is 8.38. The normalized spacial score (nSPS) is 21.1. The minimum absolute atomic E-state index is 0.0433. The highest BCUT2D eigenvalue weighted by Crippen LogP contribution is 2.40. The third-order valence-corrected chi connectivity index (χ3v) is 5.03. The smallest absolute Gasteiger partial charge is 0.407 e. The number of likely N-dealkylation sites (tertiary alicyclic amines) is 1. The number of pyridine rings is 1. The third kappa shape index (κ3) is 2.96. The first-order chi connectivity index (χ1) is 12.1. The topological polar surface area (TPSA) is 53.4 Å². The van der Waals surface area contributed by atoms with Crippen molar-refractivity contribution in [2.75, 3.05) is 6.54 Å². The summed E-state index contributed by atoms with van der Waals surface area (Å²) in [4.78, 5) is 17.5. The van der Waals surface area contributed by atoms with Gasteiger partial charge in [0.05, 0.1) is 0 Å². The van der Waals surface area contributed by atoms with E-state index >= 15 is 0 Å². The zero-order chi connectivity index (χ0) is 17.4. The zero-order valence-corrected chi connectivity index (χ0v) is 13.6. The average molecular weight is 336 g/mol. The van der Waals surface area contributed by atoms with Gasteiger partial charge in [0.25, 0.3) is 0 Å². The van der Waals surface area contributed by atoms with Gasteiger partial charge >= 0.3 is 6.09 Å². The van der Waals surface area contributed by atoms with Gasteiger partial charge in [0, 0.05) is 41.5 Å². The number of halogens is 1. The van der Waals surface area contributed by atoms with Crippen LogP contribution in [-0.2, 0) is 6.42 Å². The number of carbonyl (C=O) groups is 1. The fraction of sp³-hybridized carbons (Fsp3) is 0.300. The maximum Gasteiger partial charge on any atom is 0.407 e. The zero-order valence-electron chi connectivity index (χ0n) is 13.6. The molecule has 2 unspecified atom stereocenters. The van der Waals surface area contributed by atoms with Crippen molar-refractivity contribution in [1.29, 1.82) is 0 Å². The molecule has 1 aromatic carbocycles. The van der Waals surface area contributed by atoms with Crippen LogP contribution in [0.3, 0.4) is 0 Å². The van der Waals surface area contributed by atoms with Crippen LogP contribution in [0.5, 0.6) is 0 Å². The van der Waals surface area contributed by atoms with E-state index in [0.29, 0.717) is 12.1 Å². The van der Waals surface area contributed by atoms with Gasteiger partial charge in [0.15, 0.2) is 0 Å². The molecule has 0 saturated carbocycles. The van der Waals surface area contributed by atoms with E-state index in [1.807, 2.05) is 6.07 Å². The van der Waals surface area contributed by atoms with Crippen molar-refractivity contribution in [3.05, 3.63) is 64.7 Å². The molecule has 1 aliphatic heterocycles. The molecule has 2 atom stereocenters. The molecule has 1 aliphatic carbocycles. The summed E-state index contributed by atoms with van der Waals surface area (Å²) in [7, 11) is 0. The molecule has 1 N–H and O–H groups in total. The number of rotatable bonds is 0. The second kappa shape index (κ2) is 6.21. The van der Waals surface area contributed by atoms with Crippen molar-refractivity contribution in [2.24, 2.45) is 0 Å². The Bertz CT molecular complexity index is 900. The van der Waals surface area contributed by atoms with Gasteiger partial charge in [-0.25, -0.2) is 9.18 Å². The van der Waals surface area contributed by atoms with Crippen LogP contribution in [0.15, 0.2) is 36.5 Å². The molecule has 1 saturated heterocycles. The van der Waals surface area contributed by atoms with Crippen LogP contribution in [0.25, 0.3) is 0 Å². The average Bonchev–Trinajstić information content (AvgIpc) is 3.04. The van der Waals surface area contributed by atoms with Crippen LogP contribution in [0, 0.1) is 17.7 Å². The van der Waals surface area contributed by atoms with Crippen molar-refractivity contribution in [2.45, 2.75) is 31.2 Å². The second-order valence-corrected chi connectivity index (χ2v) is 6.51. The number of nitrogens with zero attached hydrogens (tertiary/aromatic N) is 2. The summed E-state index contributed by atoms with van der Waals surface area (Å²) in [6, 6.07) is 8.28. The van der Waals surface area contributed by atoms with Gasteiger partial charge in [-0.05, 0) is 49.1 Å². The van der Waals surface area contributed by atoms with Gasteiger partial charge in [-0.15, -0.1) is 0 Å². The lowest BCUT2D eigenvalue weighted by Crippen LogP contribution is -2.38. The van der Waals surface area contributed by atoms with E-state index in [1.54, 1.807) is 23.2 Å². The van der Waals surface area contributed by atoms with Crippen LogP contribution in [0.2, 0.25) is 0 Å². The minimum Gasteiger partial charge on any atom is -0.465 e. The standard InChI is InChI=1S/C20H17FN2O2/c21-16-3-1-2-13(11-16)4-5-14-10-15-6-7-18-17(19(15)22-12-14)8-9-23(18)20(24)25/h1-3,10-12,17-18H,6-9H2,(H,24,25). The van der Waals surface area contributed by atoms with Gasteiger partial charge in [-0.2, -0.15) is 0 Å². The van der Waals surface area contributed by atoms with E-state index in [1.165, 1.54) is 12.1 Å². The summed E-state index contributed by atoms with van der Waals surface area (Å²) in [5, 5.41) is 9.30. The van der Waals surface area contributed by atoms with Crippen LogP contribution >= 0.6 is 0 Å². The highest BCUT2D eigenvalue weighted by atomic mass is 19.1. The van der Waals surface area contributed by atoms with Gasteiger partial charge < -0.3 is 10.0 Å². The summed E-state index contributed by atoms with van der Waals surface area (Å²) >= 11 is 0. The molecule has 0 bridgehead atoms. The first kappa shape index (κ1) is 15.6. The molecule has 0 radical (unpaired) electrons.